The third kappa shape index (κ3) is 3.58. The lowest BCUT2D eigenvalue weighted by atomic mass is 9.78. The van der Waals surface area contributed by atoms with Gasteiger partial charge in [-0.2, -0.15) is 5.10 Å². The highest BCUT2D eigenvalue weighted by Gasteiger charge is 2.28. The number of aryl methyl sites for hydroxylation is 2. The molecule has 0 radical (unpaired) electrons. The normalized spacial score (nSPS) is 14.9. The van der Waals surface area contributed by atoms with Gasteiger partial charge in [0.1, 0.15) is 0 Å². The molecule has 0 bridgehead atoms. The van der Waals surface area contributed by atoms with Crippen LogP contribution in [0, 0.1) is 6.92 Å². The van der Waals surface area contributed by atoms with Crippen molar-refractivity contribution in [3.63, 3.8) is 0 Å². The van der Waals surface area contributed by atoms with E-state index >= 15 is 0 Å². The van der Waals surface area contributed by atoms with E-state index in [-0.39, 0.29) is 5.41 Å². The summed E-state index contributed by atoms with van der Waals surface area (Å²) in [7, 11) is 2.04. The van der Waals surface area contributed by atoms with Crippen molar-refractivity contribution >= 4 is 0 Å². The second-order valence-corrected chi connectivity index (χ2v) is 5.56. The van der Waals surface area contributed by atoms with Gasteiger partial charge in [0.2, 0.25) is 0 Å². The van der Waals surface area contributed by atoms with Gasteiger partial charge in [-0.3, -0.25) is 4.68 Å². The van der Waals surface area contributed by atoms with E-state index in [0.717, 1.165) is 0 Å². The zero-order chi connectivity index (χ0) is 12.9. The van der Waals surface area contributed by atoms with Gasteiger partial charge in [0.25, 0.3) is 0 Å². The predicted molar refractivity (Wildman–Crippen MR) is 74.3 cm³/mol. The summed E-state index contributed by atoms with van der Waals surface area (Å²) in [6.07, 6.45) is 7.70. The molecule has 1 atom stereocenters. The molecule has 0 N–H and O–H groups in total. The van der Waals surface area contributed by atoms with Gasteiger partial charge in [-0.15, -0.1) is 0 Å². The molecule has 0 saturated heterocycles. The summed E-state index contributed by atoms with van der Waals surface area (Å²) < 4.78 is 2.00. The number of unbranched alkanes of at least 4 members (excludes halogenated alkanes) is 2. The fourth-order valence-corrected chi connectivity index (χ4v) is 2.55. The van der Waals surface area contributed by atoms with Crippen molar-refractivity contribution in [2.24, 2.45) is 7.05 Å². The maximum atomic E-state index is 4.70. The zero-order valence-electron chi connectivity index (χ0n) is 12.2. The molecule has 1 aromatic heterocycles. The molecule has 0 aliphatic heterocycles. The molecule has 0 spiro atoms. The molecule has 1 heterocycles. The minimum atomic E-state index is 0.274. The van der Waals surface area contributed by atoms with Crippen molar-refractivity contribution < 1.29 is 0 Å². The topological polar surface area (TPSA) is 17.8 Å². The van der Waals surface area contributed by atoms with E-state index < -0.39 is 0 Å². The first-order chi connectivity index (χ1) is 8.03. The van der Waals surface area contributed by atoms with Crippen LogP contribution in [-0.2, 0) is 12.5 Å². The van der Waals surface area contributed by atoms with E-state index in [2.05, 4.69) is 33.8 Å². The van der Waals surface area contributed by atoms with Crippen LogP contribution in [0.25, 0.3) is 0 Å². The Kier molecular flexibility index (Phi) is 5.23. The van der Waals surface area contributed by atoms with E-state index in [1.807, 2.05) is 11.7 Å². The number of hydrogen-bond donors (Lipinski definition) is 0. The van der Waals surface area contributed by atoms with E-state index in [1.54, 1.807) is 0 Å². The number of hydrogen-bond acceptors (Lipinski definition) is 1. The van der Waals surface area contributed by atoms with E-state index in [9.17, 15) is 0 Å². The van der Waals surface area contributed by atoms with Crippen molar-refractivity contribution in [2.45, 2.75) is 71.6 Å². The third-order valence-electron chi connectivity index (χ3n) is 3.87. The molecular formula is C15H28N2. The van der Waals surface area contributed by atoms with Crippen LogP contribution in [0.3, 0.4) is 0 Å². The molecule has 2 nitrogen and oxygen atoms in total. The monoisotopic (exact) mass is 236 g/mol. The Bertz CT molecular complexity index is 321. The second kappa shape index (κ2) is 6.23. The molecule has 17 heavy (non-hydrogen) atoms. The molecule has 2 heteroatoms. The SMILES string of the molecule is CCCCCC(C)(CCC)c1cc(C)n(C)n1. The highest BCUT2D eigenvalue weighted by atomic mass is 15.3. The van der Waals surface area contributed by atoms with Crippen LogP contribution in [0.5, 0.6) is 0 Å². The number of nitrogens with zero attached hydrogens (tertiary/aromatic N) is 2. The summed E-state index contributed by atoms with van der Waals surface area (Å²) in [6.45, 7) is 9.05. The molecule has 1 aromatic rings. The molecule has 98 valence electrons. The maximum Gasteiger partial charge on any atom is 0.0686 e. The molecule has 1 unspecified atom stereocenters. The summed E-state index contributed by atoms with van der Waals surface area (Å²) in [4.78, 5) is 0. The Morgan fingerprint density at radius 2 is 1.88 bits per heavy atom. The fraction of sp³-hybridized carbons (Fsp3) is 0.800. The van der Waals surface area contributed by atoms with Crippen molar-refractivity contribution in [3.05, 3.63) is 17.5 Å². The average molecular weight is 236 g/mol. The lowest BCUT2D eigenvalue weighted by Crippen LogP contribution is -2.22. The van der Waals surface area contributed by atoms with Crippen LogP contribution in [0.4, 0.5) is 0 Å². The molecule has 0 amide bonds. The largest absolute Gasteiger partial charge is 0.273 e. The van der Waals surface area contributed by atoms with Crippen LogP contribution in [0.1, 0.15) is 70.7 Å². The lowest BCUT2D eigenvalue weighted by molar-refractivity contribution is 0.366. The summed E-state index contributed by atoms with van der Waals surface area (Å²) in [5.74, 6) is 0. The molecule has 0 fully saturated rings. The van der Waals surface area contributed by atoms with Crippen molar-refractivity contribution in [1.82, 2.24) is 9.78 Å². The Labute approximate surface area is 106 Å². The first kappa shape index (κ1) is 14.3. The van der Waals surface area contributed by atoms with Crippen LogP contribution < -0.4 is 0 Å². The van der Waals surface area contributed by atoms with Crippen LogP contribution in [0.2, 0.25) is 0 Å². The van der Waals surface area contributed by atoms with E-state index in [0.29, 0.717) is 0 Å². The minimum absolute atomic E-state index is 0.274. The Morgan fingerprint density at radius 3 is 2.35 bits per heavy atom. The Morgan fingerprint density at radius 1 is 1.18 bits per heavy atom. The van der Waals surface area contributed by atoms with Gasteiger partial charge in [-0.1, -0.05) is 46.5 Å². The average Bonchev–Trinajstić information content (AvgIpc) is 2.61. The molecule has 0 aromatic carbocycles. The molecule has 0 saturated carbocycles. The first-order valence-electron chi connectivity index (χ1n) is 7.04. The minimum Gasteiger partial charge on any atom is -0.273 e. The summed E-state index contributed by atoms with van der Waals surface area (Å²) in [5, 5.41) is 4.70. The Balaban J connectivity index is 2.82. The van der Waals surface area contributed by atoms with Gasteiger partial charge < -0.3 is 0 Å². The molecule has 1 rings (SSSR count). The highest BCUT2D eigenvalue weighted by Crippen LogP contribution is 2.33. The second-order valence-electron chi connectivity index (χ2n) is 5.56. The quantitative estimate of drug-likeness (QED) is 0.643. The van der Waals surface area contributed by atoms with Crippen molar-refractivity contribution in [3.8, 4) is 0 Å². The van der Waals surface area contributed by atoms with Gasteiger partial charge in [0.15, 0.2) is 0 Å². The smallest absolute Gasteiger partial charge is 0.0686 e. The predicted octanol–water partition coefficient (Wildman–Crippen LogP) is 4.37. The van der Waals surface area contributed by atoms with Gasteiger partial charge in [-0.05, 0) is 25.8 Å². The summed E-state index contributed by atoms with van der Waals surface area (Å²) >= 11 is 0. The molecule has 0 aliphatic carbocycles. The zero-order valence-corrected chi connectivity index (χ0v) is 12.2. The third-order valence-corrected chi connectivity index (χ3v) is 3.87. The Hall–Kier alpha value is -0.790. The fourth-order valence-electron chi connectivity index (χ4n) is 2.55. The first-order valence-corrected chi connectivity index (χ1v) is 7.04. The van der Waals surface area contributed by atoms with Crippen LogP contribution >= 0.6 is 0 Å². The van der Waals surface area contributed by atoms with Crippen LogP contribution in [-0.4, -0.2) is 9.78 Å². The van der Waals surface area contributed by atoms with Gasteiger partial charge >= 0.3 is 0 Å². The van der Waals surface area contributed by atoms with E-state index in [4.69, 9.17) is 5.10 Å². The number of rotatable bonds is 7. The highest BCUT2D eigenvalue weighted by molar-refractivity contribution is 5.18. The number of aromatic nitrogens is 2. The summed E-state index contributed by atoms with van der Waals surface area (Å²) in [6, 6.07) is 2.27. The van der Waals surface area contributed by atoms with Gasteiger partial charge in [-0.25, -0.2) is 0 Å². The van der Waals surface area contributed by atoms with E-state index in [1.165, 1.54) is 49.9 Å². The van der Waals surface area contributed by atoms with Crippen molar-refractivity contribution in [1.29, 1.82) is 0 Å². The standard InChI is InChI=1S/C15H28N2/c1-6-8-9-11-15(4,10-7-2)14-12-13(3)17(5)16-14/h12H,6-11H2,1-5H3. The molecular weight excluding hydrogens is 208 g/mol. The van der Waals surface area contributed by atoms with Gasteiger partial charge in [0.05, 0.1) is 5.69 Å². The summed E-state index contributed by atoms with van der Waals surface area (Å²) in [5.41, 5.74) is 2.82. The van der Waals surface area contributed by atoms with Gasteiger partial charge in [0, 0.05) is 18.2 Å². The molecule has 0 aliphatic rings. The van der Waals surface area contributed by atoms with Crippen molar-refractivity contribution in [2.75, 3.05) is 0 Å². The maximum absolute atomic E-state index is 4.70. The lowest BCUT2D eigenvalue weighted by Gasteiger charge is -2.27. The van der Waals surface area contributed by atoms with Crippen LogP contribution in [0.15, 0.2) is 6.07 Å².